The van der Waals surface area contributed by atoms with Gasteiger partial charge >= 0.3 is 0 Å². The molecule has 1 atom stereocenters. The third-order valence-corrected chi connectivity index (χ3v) is 3.52. The van der Waals surface area contributed by atoms with E-state index in [0.29, 0.717) is 13.0 Å². The lowest BCUT2D eigenvalue weighted by Crippen LogP contribution is -2.39. The number of hydrogen-bond acceptors (Lipinski definition) is 3. The smallest absolute Gasteiger partial charge is 0.191 e. The Labute approximate surface area is 143 Å². The molecule has 0 radical (unpaired) electrons. The zero-order valence-electron chi connectivity index (χ0n) is 14.2. The molecule has 0 saturated carbocycles. The van der Waals surface area contributed by atoms with Crippen LogP contribution in [0, 0.1) is 0 Å². The van der Waals surface area contributed by atoms with E-state index >= 15 is 0 Å². The largest absolute Gasteiger partial charge is 0.391 e. The number of aromatic nitrogens is 1. The van der Waals surface area contributed by atoms with Crippen LogP contribution < -0.4 is 10.6 Å². The van der Waals surface area contributed by atoms with Gasteiger partial charge in [0.05, 0.1) is 12.6 Å². The lowest BCUT2D eigenvalue weighted by atomic mass is 10.1. The Morgan fingerprint density at radius 1 is 1.12 bits per heavy atom. The van der Waals surface area contributed by atoms with Crippen molar-refractivity contribution in [2.24, 2.45) is 4.99 Å². The molecule has 1 heterocycles. The van der Waals surface area contributed by atoms with Gasteiger partial charge < -0.3 is 15.7 Å². The van der Waals surface area contributed by atoms with E-state index in [1.807, 2.05) is 55.5 Å². The van der Waals surface area contributed by atoms with Crippen molar-refractivity contribution in [3.05, 3.63) is 66.0 Å². The summed E-state index contributed by atoms with van der Waals surface area (Å²) in [5.74, 6) is 0.723. The average molecular weight is 326 g/mol. The van der Waals surface area contributed by atoms with Crippen molar-refractivity contribution in [1.29, 1.82) is 0 Å². The number of aliphatic hydroxyl groups is 1. The average Bonchev–Trinajstić information content (AvgIpc) is 2.61. The van der Waals surface area contributed by atoms with Gasteiger partial charge in [-0.1, -0.05) is 36.4 Å². The van der Waals surface area contributed by atoms with Gasteiger partial charge in [0.2, 0.25) is 0 Å². The van der Waals surface area contributed by atoms with E-state index in [1.165, 1.54) is 0 Å². The summed E-state index contributed by atoms with van der Waals surface area (Å²) in [4.78, 5) is 8.77. The standard InChI is InChI=1S/C19H26N4O/c1-2-20-19(22-13-11-17-10-6-7-12-21-17)23-15-18(24)14-16-8-4-3-5-9-16/h3-10,12,18,24H,2,11,13-15H2,1H3,(H2,20,22,23). The van der Waals surface area contributed by atoms with Crippen LogP contribution in [0.5, 0.6) is 0 Å². The molecule has 1 aromatic carbocycles. The molecule has 5 heteroatoms. The second kappa shape index (κ2) is 10.4. The first-order valence-corrected chi connectivity index (χ1v) is 8.42. The molecule has 1 unspecified atom stereocenters. The second-order valence-corrected chi connectivity index (χ2v) is 5.56. The van der Waals surface area contributed by atoms with Crippen LogP contribution in [-0.4, -0.2) is 41.8 Å². The second-order valence-electron chi connectivity index (χ2n) is 5.56. The van der Waals surface area contributed by atoms with Crippen molar-refractivity contribution in [3.63, 3.8) is 0 Å². The molecule has 1 aromatic heterocycles. The predicted molar refractivity (Wildman–Crippen MR) is 98.1 cm³/mol. The Bertz CT molecular complexity index is 601. The van der Waals surface area contributed by atoms with Crippen LogP contribution in [0.4, 0.5) is 0 Å². The molecule has 0 aliphatic heterocycles. The summed E-state index contributed by atoms with van der Waals surface area (Å²) in [6, 6.07) is 15.9. The zero-order valence-corrected chi connectivity index (χ0v) is 14.2. The minimum atomic E-state index is -0.487. The Morgan fingerprint density at radius 2 is 1.92 bits per heavy atom. The van der Waals surface area contributed by atoms with Crippen LogP contribution in [0.1, 0.15) is 18.2 Å². The van der Waals surface area contributed by atoms with Crippen LogP contribution in [0.15, 0.2) is 59.7 Å². The molecular formula is C19H26N4O. The van der Waals surface area contributed by atoms with Crippen LogP contribution in [0.2, 0.25) is 0 Å². The lowest BCUT2D eigenvalue weighted by molar-refractivity contribution is 0.183. The number of hydrogen-bond donors (Lipinski definition) is 3. The Hall–Kier alpha value is -2.40. The third-order valence-electron chi connectivity index (χ3n) is 3.52. The first kappa shape index (κ1) is 17.9. The van der Waals surface area contributed by atoms with Gasteiger partial charge in [0, 0.05) is 37.8 Å². The number of nitrogens with one attached hydrogen (secondary N) is 2. The summed E-state index contributed by atoms with van der Waals surface area (Å²) in [5, 5.41) is 16.6. The number of guanidine groups is 1. The van der Waals surface area contributed by atoms with Crippen molar-refractivity contribution < 1.29 is 5.11 Å². The van der Waals surface area contributed by atoms with Crippen molar-refractivity contribution in [1.82, 2.24) is 15.6 Å². The molecule has 0 saturated heterocycles. The number of nitrogens with zero attached hydrogens (tertiary/aromatic N) is 2. The maximum Gasteiger partial charge on any atom is 0.191 e. The van der Waals surface area contributed by atoms with Gasteiger partial charge in [-0.25, -0.2) is 0 Å². The summed E-state index contributed by atoms with van der Waals surface area (Å²) < 4.78 is 0. The summed E-state index contributed by atoms with van der Waals surface area (Å²) in [6.45, 7) is 3.92. The monoisotopic (exact) mass is 326 g/mol. The molecule has 5 nitrogen and oxygen atoms in total. The van der Waals surface area contributed by atoms with Gasteiger partial charge in [-0.3, -0.25) is 9.98 Å². The summed E-state index contributed by atoms with van der Waals surface area (Å²) in [6.07, 6.45) is 2.75. The number of pyridine rings is 1. The van der Waals surface area contributed by atoms with E-state index in [2.05, 4.69) is 20.6 Å². The fraction of sp³-hybridized carbons (Fsp3) is 0.368. The molecule has 0 amide bonds. The molecule has 0 aliphatic carbocycles. The number of rotatable bonds is 8. The van der Waals surface area contributed by atoms with E-state index in [1.54, 1.807) is 6.20 Å². The van der Waals surface area contributed by atoms with E-state index in [9.17, 15) is 5.11 Å². The molecule has 0 bridgehead atoms. The molecule has 0 fully saturated rings. The van der Waals surface area contributed by atoms with Crippen molar-refractivity contribution in [3.8, 4) is 0 Å². The Balaban J connectivity index is 1.79. The van der Waals surface area contributed by atoms with Gasteiger partial charge in [-0.15, -0.1) is 0 Å². The first-order chi connectivity index (χ1) is 11.8. The normalized spacial score (nSPS) is 12.7. The first-order valence-electron chi connectivity index (χ1n) is 8.42. The quantitative estimate of drug-likeness (QED) is 0.511. The number of aliphatic hydroxyl groups excluding tert-OH is 1. The van der Waals surface area contributed by atoms with Crippen LogP contribution in [0.3, 0.4) is 0 Å². The van der Waals surface area contributed by atoms with E-state index in [-0.39, 0.29) is 0 Å². The van der Waals surface area contributed by atoms with Gasteiger partial charge in [-0.2, -0.15) is 0 Å². The summed E-state index contributed by atoms with van der Waals surface area (Å²) >= 11 is 0. The SMILES string of the molecule is CCNC(=NCC(O)Cc1ccccc1)NCCc1ccccn1. The third kappa shape index (κ3) is 6.79. The van der Waals surface area contributed by atoms with Gasteiger partial charge in [0.25, 0.3) is 0 Å². The molecule has 128 valence electrons. The highest BCUT2D eigenvalue weighted by Crippen LogP contribution is 2.03. The van der Waals surface area contributed by atoms with Crippen LogP contribution in [-0.2, 0) is 12.8 Å². The Kier molecular flexibility index (Phi) is 7.77. The molecule has 24 heavy (non-hydrogen) atoms. The van der Waals surface area contributed by atoms with Crippen molar-refractivity contribution in [2.75, 3.05) is 19.6 Å². The molecular weight excluding hydrogens is 300 g/mol. The topological polar surface area (TPSA) is 69.5 Å². The molecule has 2 rings (SSSR count). The highest BCUT2D eigenvalue weighted by molar-refractivity contribution is 5.79. The summed E-state index contributed by atoms with van der Waals surface area (Å²) in [5.41, 5.74) is 2.17. The lowest BCUT2D eigenvalue weighted by Gasteiger charge is -2.13. The number of aliphatic imine (C=N–C) groups is 1. The zero-order chi connectivity index (χ0) is 17.0. The van der Waals surface area contributed by atoms with Gasteiger partial charge in [-0.05, 0) is 24.6 Å². The predicted octanol–water partition coefficient (Wildman–Crippen LogP) is 1.78. The van der Waals surface area contributed by atoms with Crippen molar-refractivity contribution >= 4 is 5.96 Å². The van der Waals surface area contributed by atoms with Crippen LogP contribution >= 0.6 is 0 Å². The maximum atomic E-state index is 10.2. The maximum absolute atomic E-state index is 10.2. The Morgan fingerprint density at radius 3 is 2.62 bits per heavy atom. The minimum Gasteiger partial charge on any atom is -0.391 e. The van der Waals surface area contributed by atoms with Gasteiger partial charge in [0.15, 0.2) is 5.96 Å². The molecule has 3 N–H and O–H groups in total. The van der Waals surface area contributed by atoms with E-state index in [4.69, 9.17) is 0 Å². The highest BCUT2D eigenvalue weighted by atomic mass is 16.3. The van der Waals surface area contributed by atoms with E-state index in [0.717, 1.165) is 36.7 Å². The molecule has 0 spiro atoms. The van der Waals surface area contributed by atoms with Gasteiger partial charge in [0.1, 0.15) is 0 Å². The summed E-state index contributed by atoms with van der Waals surface area (Å²) in [7, 11) is 0. The molecule has 2 aromatic rings. The van der Waals surface area contributed by atoms with E-state index < -0.39 is 6.10 Å². The minimum absolute atomic E-state index is 0.369. The van der Waals surface area contributed by atoms with Crippen molar-refractivity contribution in [2.45, 2.75) is 25.9 Å². The molecule has 0 aliphatic rings. The fourth-order valence-corrected chi connectivity index (χ4v) is 2.34. The highest BCUT2D eigenvalue weighted by Gasteiger charge is 2.05. The fourth-order valence-electron chi connectivity index (χ4n) is 2.34. The van der Waals surface area contributed by atoms with Crippen LogP contribution in [0.25, 0.3) is 0 Å². The number of benzene rings is 1.